The Bertz CT molecular complexity index is 3580. The van der Waals surface area contributed by atoms with Crippen molar-refractivity contribution in [1.82, 2.24) is 9.13 Å². The molecule has 0 atom stereocenters. The number of furan rings is 1. The molecule has 0 aliphatic heterocycles. The number of rotatable bonds is 4. The Morgan fingerprint density at radius 2 is 0.931 bits per heavy atom. The van der Waals surface area contributed by atoms with Crippen LogP contribution >= 0.6 is 0 Å². The van der Waals surface area contributed by atoms with Crippen molar-refractivity contribution in [1.29, 1.82) is 0 Å². The average molecular weight is 739 g/mol. The van der Waals surface area contributed by atoms with Crippen LogP contribution in [0, 0.1) is 0 Å². The Labute approximate surface area is 334 Å². The molecule has 12 aromatic rings. The number of fused-ring (bicyclic) bond motifs is 13. The molecule has 0 unspecified atom stereocenters. The summed E-state index contributed by atoms with van der Waals surface area (Å²) in [4.78, 5) is 0. The summed E-state index contributed by atoms with van der Waals surface area (Å²) in [5.41, 5.74) is 15.8. The number of aromatic nitrogens is 2. The molecular weight excluding hydrogens is 705 g/mol. The molecule has 0 saturated carbocycles. The molecule has 270 valence electrons. The number of benzene rings is 9. The molecule has 0 N–H and O–H groups in total. The second-order valence-corrected chi connectivity index (χ2v) is 15.6. The van der Waals surface area contributed by atoms with E-state index in [-0.39, 0.29) is 0 Å². The van der Waals surface area contributed by atoms with Crippen molar-refractivity contribution in [2.75, 3.05) is 0 Å². The van der Waals surface area contributed by atoms with Gasteiger partial charge in [-0.1, -0.05) is 152 Å². The third-order valence-electron chi connectivity index (χ3n) is 12.8. The lowest BCUT2D eigenvalue weighted by Gasteiger charge is -2.34. The van der Waals surface area contributed by atoms with Gasteiger partial charge in [-0.25, -0.2) is 0 Å². The minimum Gasteiger partial charge on any atom is -0.454 e. The van der Waals surface area contributed by atoms with Crippen molar-refractivity contribution in [2.24, 2.45) is 0 Å². The third-order valence-corrected chi connectivity index (χ3v) is 12.8. The van der Waals surface area contributed by atoms with Gasteiger partial charge in [0.05, 0.1) is 27.5 Å². The molecule has 1 aliphatic rings. The van der Waals surface area contributed by atoms with Gasteiger partial charge in [0, 0.05) is 43.7 Å². The van der Waals surface area contributed by atoms with Crippen LogP contribution in [0.3, 0.4) is 0 Å². The van der Waals surface area contributed by atoms with E-state index in [0.29, 0.717) is 0 Å². The van der Waals surface area contributed by atoms with Crippen LogP contribution in [0.15, 0.2) is 211 Å². The highest BCUT2D eigenvalue weighted by Crippen LogP contribution is 2.56. The van der Waals surface area contributed by atoms with Crippen LogP contribution in [-0.2, 0) is 5.41 Å². The van der Waals surface area contributed by atoms with Crippen LogP contribution in [0.2, 0.25) is 0 Å². The monoisotopic (exact) mass is 738 g/mol. The minimum absolute atomic E-state index is 0.492. The first kappa shape index (κ1) is 31.6. The molecule has 0 radical (unpaired) electrons. The Balaban J connectivity index is 1.14. The summed E-state index contributed by atoms with van der Waals surface area (Å²) in [6, 6.07) is 75.6. The zero-order chi connectivity index (χ0) is 38.0. The topological polar surface area (TPSA) is 23.0 Å². The summed E-state index contributed by atoms with van der Waals surface area (Å²) in [6.07, 6.45) is 0. The normalized spacial score (nSPS) is 13.3. The highest BCUT2D eigenvalue weighted by Gasteiger charge is 2.46. The average Bonchev–Trinajstić information content (AvgIpc) is 4.02. The maximum atomic E-state index is 6.73. The summed E-state index contributed by atoms with van der Waals surface area (Å²) in [5, 5.41) is 7.08. The second kappa shape index (κ2) is 11.7. The van der Waals surface area contributed by atoms with Gasteiger partial charge in [0.2, 0.25) is 0 Å². The first-order chi connectivity index (χ1) is 28.8. The predicted molar refractivity (Wildman–Crippen MR) is 240 cm³/mol. The van der Waals surface area contributed by atoms with Crippen LogP contribution in [0.4, 0.5) is 0 Å². The number of nitrogens with zero attached hydrogens (tertiary/aromatic N) is 2. The van der Waals surface area contributed by atoms with E-state index >= 15 is 0 Å². The molecular formula is C55H34N2O. The van der Waals surface area contributed by atoms with Gasteiger partial charge in [0.25, 0.3) is 0 Å². The van der Waals surface area contributed by atoms with E-state index in [0.717, 1.165) is 49.9 Å². The third kappa shape index (κ3) is 4.07. The smallest absolute Gasteiger partial charge is 0.160 e. The van der Waals surface area contributed by atoms with Crippen molar-refractivity contribution in [3.63, 3.8) is 0 Å². The molecule has 3 heterocycles. The Morgan fingerprint density at radius 1 is 0.345 bits per heavy atom. The van der Waals surface area contributed by atoms with E-state index in [1.807, 2.05) is 6.07 Å². The van der Waals surface area contributed by atoms with E-state index in [1.165, 1.54) is 60.4 Å². The van der Waals surface area contributed by atoms with Gasteiger partial charge in [-0.3, -0.25) is 0 Å². The highest BCUT2D eigenvalue weighted by atomic mass is 16.3. The Morgan fingerprint density at radius 3 is 1.72 bits per heavy atom. The fourth-order valence-corrected chi connectivity index (χ4v) is 10.5. The second-order valence-electron chi connectivity index (χ2n) is 15.6. The molecule has 0 fully saturated rings. The highest BCUT2D eigenvalue weighted by molar-refractivity contribution is 6.24. The fraction of sp³-hybridized carbons (Fsp3) is 0.0182. The van der Waals surface area contributed by atoms with Gasteiger partial charge in [0.15, 0.2) is 5.58 Å². The molecule has 0 amide bonds. The first-order valence-electron chi connectivity index (χ1n) is 20.0. The number of para-hydroxylation sites is 3. The van der Waals surface area contributed by atoms with Crippen molar-refractivity contribution in [3.05, 3.63) is 229 Å². The van der Waals surface area contributed by atoms with Crippen LogP contribution in [0.5, 0.6) is 0 Å². The van der Waals surface area contributed by atoms with E-state index < -0.39 is 5.41 Å². The summed E-state index contributed by atoms with van der Waals surface area (Å²) >= 11 is 0. The zero-order valence-electron chi connectivity index (χ0n) is 31.4. The first-order valence-corrected chi connectivity index (χ1v) is 20.0. The molecule has 3 nitrogen and oxygen atoms in total. The quantitative estimate of drug-likeness (QED) is 0.176. The summed E-state index contributed by atoms with van der Waals surface area (Å²) in [7, 11) is 0. The molecule has 0 saturated heterocycles. The van der Waals surface area contributed by atoms with Crippen LogP contribution in [0.1, 0.15) is 22.3 Å². The lowest BCUT2D eigenvalue weighted by atomic mass is 9.67. The molecule has 13 rings (SSSR count). The largest absolute Gasteiger partial charge is 0.454 e. The predicted octanol–water partition coefficient (Wildman–Crippen LogP) is 14.1. The molecule has 0 bridgehead atoms. The van der Waals surface area contributed by atoms with E-state index in [1.54, 1.807) is 0 Å². The van der Waals surface area contributed by atoms with Crippen molar-refractivity contribution >= 4 is 65.6 Å². The molecule has 9 aromatic carbocycles. The lowest BCUT2D eigenvalue weighted by molar-refractivity contribution is 0.671. The maximum Gasteiger partial charge on any atom is 0.160 e. The summed E-state index contributed by atoms with van der Waals surface area (Å²) in [6.45, 7) is 0. The lowest BCUT2D eigenvalue weighted by Crippen LogP contribution is -2.28. The minimum atomic E-state index is -0.492. The molecule has 1 aliphatic carbocycles. The van der Waals surface area contributed by atoms with Crippen LogP contribution in [0.25, 0.3) is 88.1 Å². The summed E-state index contributed by atoms with van der Waals surface area (Å²) in [5.74, 6) is 0. The van der Waals surface area contributed by atoms with Gasteiger partial charge in [0.1, 0.15) is 5.58 Å². The molecule has 3 heteroatoms. The van der Waals surface area contributed by atoms with E-state index in [2.05, 4.69) is 209 Å². The number of hydrogen-bond donors (Lipinski definition) is 0. The Hall–Kier alpha value is -7.62. The Kier molecular flexibility index (Phi) is 6.37. The standard InChI is InChI=1S/C55H34N2O/c1-3-16-35(17-4-1)55(47-26-11-7-22-39(47)40-23-8-12-27-48(40)55)36-18-15-21-38(32-36)56-49-28-13-9-24-41(49)45-33-46-43-30-31-44-42-25-10-14-29-52(42)58-54(44)53(43)57(51(46)34-50(45)56)37-19-5-2-6-20-37/h1-34H. The van der Waals surface area contributed by atoms with Crippen molar-refractivity contribution < 1.29 is 4.42 Å². The van der Waals surface area contributed by atoms with Gasteiger partial charge in [-0.15, -0.1) is 0 Å². The van der Waals surface area contributed by atoms with E-state index in [9.17, 15) is 0 Å². The summed E-state index contributed by atoms with van der Waals surface area (Å²) < 4.78 is 11.6. The fourth-order valence-electron chi connectivity index (χ4n) is 10.5. The van der Waals surface area contributed by atoms with Crippen molar-refractivity contribution in [3.8, 4) is 22.5 Å². The van der Waals surface area contributed by atoms with E-state index in [4.69, 9.17) is 4.42 Å². The van der Waals surface area contributed by atoms with Gasteiger partial charge < -0.3 is 13.6 Å². The number of hydrogen-bond acceptors (Lipinski definition) is 1. The van der Waals surface area contributed by atoms with Gasteiger partial charge in [-0.2, -0.15) is 0 Å². The van der Waals surface area contributed by atoms with Crippen LogP contribution in [-0.4, -0.2) is 9.13 Å². The van der Waals surface area contributed by atoms with Gasteiger partial charge in [-0.05, 0) is 88.0 Å². The van der Waals surface area contributed by atoms with Crippen molar-refractivity contribution in [2.45, 2.75) is 5.41 Å². The maximum absolute atomic E-state index is 6.73. The molecule has 3 aromatic heterocycles. The SMILES string of the molecule is c1ccc(-n2c3cc4c(cc3c3ccc5c6ccccc6oc5c32)c2ccccc2n4-c2cccc(C3(c4ccccc4)c4ccccc4-c4ccccc43)c2)cc1. The zero-order valence-corrected chi connectivity index (χ0v) is 31.4. The van der Waals surface area contributed by atoms with Gasteiger partial charge >= 0.3 is 0 Å². The molecule has 58 heavy (non-hydrogen) atoms. The molecule has 0 spiro atoms. The van der Waals surface area contributed by atoms with Crippen LogP contribution < -0.4 is 0 Å².